The first-order valence-electron chi connectivity index (χ1n) is 5.15. The Hall–Kier alpha value is -1.13. The summed E-state index contributed by atoms with van der Waals surface area (Å²) in [5.74, 6) is 2.23. The minimum absolute atomic E-state index is 0.866. The Morgan fingerprint density at radius 3 is 2.47 bits per heavy atom. The van der Waals surface area contributed by atoms with Crippen LogP contribution in [0.2, 0.25) is 0 Å². The van der Waals surface area contributed by atoms with Crippen molar-refractivity contribution in [3.63, 3.8) is 0 Å². The molecule has 0 aliphatic carbocycles. The predicted octanol–water partition coefficient (Wildman–Crippen LogP) is 4.51. The third-order valence-electron chi connectivity index (χ3n) is 1.89. The Morgan fingerprint density at radius 2 is 1.73 bits per heavy atom. The molecule has 15 heavy (non-hydrogen) atoms. The molecule has 0 aliphatic rings. The molecule has 0 N–H and O–H groups in total. The standard InChI is InChI=1S/C14H17P/c1-2-3-4-5-9-12-15-13-14-10-7-6-8-11-14/h2-12,15H,13H2,1H3/b3-2-,5-4-,12-9+. The topological polar surface area (TPSA) is 0 Å². The molecule has 1 aromatic rings. The minimum Gasteiger partial charge on any atom is -0.0939 e. The SMILES string of the molecule is C\C=C/C=C\C=C\PCc1ccccc1. The Labute approximate surface area is 94.2 Å². The highest BCUT2D eigenvalue weighted by molar-refractivity contribution is 7.40. The van der Waals surface area contributed by atoms with E-state index in [2.05, 4.69) is 48.3 Å². The van der Waals surface area contributed by atoms with Crippen molar-refractivity contribution in [2.75, 3.05) is 0 Å². The second kappa shape index (κ2) is 8.20. The zero-order valence-corrected chi connectivity index (χ0v) is 10.1. The van der Waals surface area contributed by atoms with Gasteiger partial charge in [-0.25, -0.2) is 0 Å². The van der Waals surface area contributed by atoms with E-state index in [-0.39, 0.29) is 0 Å². The highest BCUT2D eigenvalue weighted by Gasteiger charge is 1.86. The zero-order valence-electron chi connectivity index (χ0n) is 9.06. The maximum Gasteiger partial charge on any atom is -0.00659 e. The highest BCUT2D eigenvalue weighted by Crippen LogP contribution is 2.19. The quantitative estimate of drug-likeness (QED) is 0.501. The molecule has 0 aliphatic heterocycles. The number of benzene rings is 1. The van der Waals surface area contributed by atoms with Crippen LogP contribution in [0, 0.1) is 0 Å². The summed E-state index contributed by atoms with van der Waals surface area (Å²) < 4.78 is 0. The predicted molar refractivity (Wildman–Crippen MR) is 71.6 cm³/mol. The van der Waals surface area contributed by atoms with Crippen molar-refractivity contribution in [2.24, 2.45) is 0 Å². The third kappa shape index (κ3) is 6.04. The van der Waals surface area contributed by atoms with Crippen LogP contribution in [-0.4, -0.2) is 0 Å². The summed E-state index contributed by atoms with van der Waals surface area (Å²) in [5.41, 5.74) is 1.41. The van der Waals surface area contributed by atoms with Crippen LogP contribution in [0.25, 0.3) is 0 Å². The van der Waals surface area contributed by atoms with Crippen LogP contribution in [0.4, 0.5) is 0 Å². The van der Waals surface area contributed by atoms with Gasteiger partial charge in [-0.05, 0) is 18.6 Å². The van der Waals surface area contributed by atoms with Crippen LogP contribution in [0.3, 0.4) is 0 Å². The highest BCUT2D eigenvalue weighted by atomic mass is 31.1. The summed E-state index contributed by atoms with van der Waals surface area (Å²) in [6.45, 7) is 2.02. The first-order chi connectivity index (χ1) is 7.43. The molecule has 0 heterocycles. The van der Waals surface area contributed by atoms with Gasteiger partial charge in [0.05, 0.1) is 0 Å². The summed E-state index contributed by atoms with van der Waals surface area (Å²) in [6.07, 6.45) is 11.4. The molecule has 0 radical (unpaired) electrons. The van der Waals surface area contributed by atoms with E-state index in [1.54, 1.807) is 0 Å². The average Bonchev–Trinajstić information content (AvgIpc) is 2.29. The van der Waals surface area contributed by atoms with Gasteiger partial charge in [-0.2, -0.15) is 0 Å². The normalized spacial score (nSPS) is 12.9. The fraction of sp³-hybridized carbons (Fsp3) is 0.143. The van der Waals surface area contributed by atoms with Crippen LogP contribution in [0.5, 0.6) is 0 Å². The molecule has 0 aromatic heterocycles. The van der Waals surface area contributed by atoms with Crippen molar-refractivity contribution in [1.29, 1.82) is 0 Å². The maximum atomic E-state index is 2.23. The van der Waals surface area contributed by atoms with Gasteiger partial charge in [-0.15, -0.1) is 0 Å². The van der Waals surface area contributed by atoms with E-state index >= 15 is 0 Å². The molecule has 1 atom stereocenters. The van der Waals surface area contributed by atoms with Gasteiger partial charge in [0.25, 0.3) is 0 Å². The zero-order chi connectivity index (χ0) is 10.8. The molecule has 1 aromatic carbocycles. The van der Waals surface area contributed by atoms with Crippen LogP contribution < -0.4 is 0 Å². The molecular weight excluding hydrogens is 199 g/mol. The molecule has 0 spiro atoms. The van der Waals surface area contributed by atoms with Crippen molar-refractivity contribution in [3.8, 4) is 0 Å². The van der Waals surface area contributed by atoms with Gasteiger partial charge in [0.1, 0.15) is 0 Å². The Morgan fingerprint density at radius 1 is 1.00 bits per heavy atom. The molecule has 1 rings (SSSR count). The summed E-state index contributed by atoms with van der Waals surface area (Å²) in [4.78, 5) is 0. The molecular formula is C14H17P. The Balaban J connectivity index is 2.22. The van der Waals surface area contributed by atoms with Gasteiger partial charge < -0.3 is 0 Å². The van der Waals surface area contributed by atoms with Gasteiger partial charge in [0, 0.05) is 0 Å². The summed E-state index contributed by atoms with van der Waals surface area (Å²) in [5, 5.41) is 0. The Kier molecular flexibility index (Phi) is 6.53. The second-order valence-corrected chi connectivity index (χ2v) is 4.23. The lowest BCUT2D eigenvalue weighted by Gasteiger charge is -1.95. The van der Waals surface area contributed by atoms with E-state index in [0.29, 0.717) is 0 Å². The summed E-state index contributed by atoms with van der Waals surface area (Å²) in [6, 6.07) is 10.6. The lowest BCUT2D eigenvalue weighted by Crippen LogP contribution is -1.73. The fourth-order valence-corrected chi connectivity index (χ4v) is 1.97. The van der Waals surface area contributed by atoms with Crippen molar-refractivity contribution in [1.82, 2.24) is 0 Å². The van der Waals surface area contributed by atoms with Gasteiger partial charge >= 0.3 is 0 Å². The maximum absolute atomic E-state index is 2.23. The molecule has 0 bridgehead atoms. The Bertz CT molecular complexity index is 334. The lowest BCUT2D eigenvalue weighted by atomic mass is 10.2. The van der Waals surface area contributed by atoms with Crippen molar-refractivity contribution < 1.29 is 0 Å². The van der Waals surface area contributed by atoms with E-state index in [9.17, 15) is 0 Å². The van der Waals surface area contributed by atoms with Crippen LogP contribution in [0.1, 0.15) is 12.5 Å². The van der Waals surface area contributed by atoms with Gasteiger partial charge in [0.2, 0.25) is 0 Å². The fourth-order valence-electron chi connectivity index (χ4n) is 1.14. The van der Waals surface area contributed by atoms with Crippen LogP contribution in [-0.2, 0) is 6.16 Å². The molecule has 0 fully saturated rings. The van der Waals surface area contributed by atoms with E-state index in [1.165, 1.54) is 5.56 Å². The molecule has 1 heteroatoms. The van der Waals surface area contributed by atoms with E-state index in [4.69, 9.17) is 0 Å². The number of allylic oxidation sites excluding steroid dienone is 5. The van der Waals surface area contributed by atoms with E-state index < -0.39 is 0 Å². The number of rotatable bonds is 5. The lowest BCUT2D eigenvalue weighted by molar-refractivity contribution is 1.41. The average molecular weight is 216 g/mol. The molecule has 0 amide bonds. The molecule has 78 valence electrons. The minimum atomic E-state index is 0.866. The molecule has 0 saturated heterocycles. The van der Waals surface area contributed by atoms with E-state index in [1.807, 2.05) is 25.2 Å². The van der Waals surface area contributed by atoms with Crippen molar-refractivity contribution in [3.05, 3.63) is 72.1 Å². The van der Waals surface area contributed by atoms with Crippen molar-refractivity contribution in [2.45, 2.75) is 13.1 Å². The van der Waals surface area contributed by atoms with Crippen LogP contribution in [0.15, 0.2) is 66.5 Å². The van der Waals surface area contributed by atoms with Gasteiger partial charge in [-0.1, -0.05) is 75.1 Å². The largest absolute Gasteiger partial charge is 0.0939 e. The number of hydrogen-bond donors (Lipinski definition) is 0. The molecule has 0 nitrogen and oxygen atoms in total. The molecule has 0 saturated carbocycles. The third-order valence-corrected chi connectivity index (χ3v) is 2.93. The first kappa shape index (κ1) is 11.9. The number of hydrogen-bond acceptors (Lipinski definition) is 0. The van der Waals surface area contributed by atoms with Gasteiger partial charge in [0.15, 0.2) is 0 Å². The molecule has 1 unspecified atom stereocenters. The van der Waals surface area contributed by atoms with Crippen LogP contribution >= 0.6 is 8.58 Å². The van der Waals surface area contributed by atoms with E-state index in [0.717, 1.165) is 14.7 Å². The smallest absolute Gasteiger partial charge is 0.00659 e. The van der Waals surface area contributed by atoms with Crippen molar-refractivity contribution >= 4 is 8.58 Å². The monoisotopic (exact) mass is 216 g/mol. The second-order valence-electron chi connectivity index (χ2n) is 3.14. The first-order valence-corrected chi connectivity index (χ1v) is 6.43. The summed E-state index contributed by atoms with van der Waals surface area (Å²) in [7, 11) is 0.866. The summed E-state index contributed by atoms with van der Waals surface area (Å²) >= 11 is 0. The van der Waals surface area contributed by atoms with Gasteiger partial charge in [-0.3, -0.25) is 0 Å².